The van der Waals surface area contributed by atoms with Gasteiger partial charge in [-0.3, -0.25) is 14.5 Å². The Labute approximate surface area is 247 Å². The van der Waals surface area contributed by atoms with Crippen molar-refractivity contribution in [3.63, 3.8) is 0 Å². The molecule has 4 aromatic carbocycles. The van der Waals surface area contributed by atoms with E-state index in [4.69, 9.17) is 11.6 Å². The van der Waals surface area contributed by atoms with Crippen LogP contribution in [-0.2, 0) is 17.8 Å². The number of rotatable bonds is 5. The molecule has 7 rings (SSSR count). The maximum Gasteiger partial charge on any atom is 0.332 e. The fourth-order valence-electron chi connectivity index (χ4n) is 6.13. The van der Waals surface area contributed by atoms with Crippen molar-refractivity contribution in [2.24, 2.45) is 0 Å². The maximum absolute atomic E-state index is 14.3. The van der Waals surface area contributed by atoms with Gasteiger partial charge in [-0.2, -0.15) is 0 Å². The number of halogens is 1. The number of imide groups is 1. The van der Waals surface area contributed by atoms with Gasteiger partial charge in [0.15, 0.2) is 0 Å². The van der Waals surface area contributed by atoms with Crippen LogP contribution in [0.1, 0.15) is 44.3 Å². The van der Waals surface area contributed by atoms with Crippen LogP contribution in [0.5, 0.6) is 0 Å². The van der Waals surface area contributed by atoms with Crippen molar-refractivity contribution < 1.29 is 14.4 Å². The summed E-state index contributed by atoms with van der Waals surface area (Å²) in [6.07, 6.45) is 0.383. The molecule has 1 aromatic heterocycles. The number of aromatic amines is 1. The van der Waals surface area contributed by atoms with Gasteiger partial charge < -0.3 is 10.3 Å². The molecule has 0 radical (unpaired) electrons. The molecule has 2 atom stereocenters. The number of urea groups is 1. The van der Waals surface area contributed by atoms with Crippen molar-refractivity contribution in [3.05, 3.63) is 136 Å². The van der Waals surface area contributed by atoms with Crippen LogP contribution in [0.25, 0.3) is 10.9 Å². The molecule has 3 heterocycles. The lowest BCUT2D eigenvalue weighted by Gasteiger charge is -2.36. The van der Waals surface area contributed by atoms with E-state index in [1.165, 1.54) is 4.90 Å². The zero-order chi connectivity index (χ0) is 29.0. The largest absolute Gasteiger partial charge is 0.356 e. The number of nitrogens with zero attached hydrogens (tertiary/aromatic N) is 2. The summed E-state index contributed by atoms with van der Waals surface area (Å²) in [5, 5.41) is 4.57. The second kappa shape index (κ2) is 10.2. The van der Waals surface area contributed by atoms with Gasteiger partial charge in [0.2, 0.25) is 0 Å². The summed E-state index contributed by atoms with van der Waals surface area (Å²) in [5.74, 6) is -0.719. The normalized spacial score (nSPS) is 17.9. The van der Waals surface area contributed by atoms with E-state index >= 15 is 0 Å². The third-order valence-electron chi connectivity index (χ3n) is 8.20. The minimum atomic E-state index is -0.708. The van der Waals surface area contributed by atoms with E-state index in [1.54, 1.807) is 41.3 Å². The Hall–Kier alpha value is -4.88. The molecule has 1 fully saturated rings. The number of fused-ring (bicyclic) bond motifs is 4. The molecule has 42 heavy (non-hydrogen) atoms. The first-order chi connectivity index (χ1) is 20.4. The third-order valence-corrected chi connectivity index (χ3v) is 8.45. The van der Waals surface area contributed by atoms with Crippen molar-refractivity contribution in [2.75, 3.05) is 4.90 Å². The van der Waals surface area contributed by atoms with Crippen LogP contribution in [0.4, 0.5) is 10.5 Å². The highest BCUT2D eigenvalue weighted by atomic mass is 35.5. The molecule has 208 valence electrons. The van der Waals surface area contributed by atoms with Crippen LogP contribution in [0.15, 0.2) is 97.1 Å². The van der Waals surface area contributed by atoms with E-state index in [2.05, 4.69) is 10.3 Å². The Balaban J connectivity index is 1.27. The number of para-hydroxylation sites is 2. The van der Waals surface area contributed by atoms with Crippen molar-refractivity contribution >= 4 is 46.0 Å². The van der Waals surface area contributed by atoms with Crippen LogP contribution < -0.4 is 10.2 Å². The number of carbonyl (C=O) groups is 3. The third kappa shape index (κ3) is 4.25. The molecule has 8 heteroatoms. The number of amides is 4. The van der Waals surface area contributed by atoms with Crippen molar-refractivity contribution in [2.45, 2.75) is 32.0 Å². The van der Waals surface area contributed by atoms with Crippen LogP contribution in [0.3, 0.4) is 0 Å². The summed E-state index contributed by atoms with van der Waals surface area (Å²) in [7, 11) is 0. The first-order valence-corrected chi connectivity index (χ1v) is 14.2. The number of hydrogen-bond acceptors (Lipinski definition) is 3. The smallest absolute Gasteiger partial charge is 0.332 e. The predicted molar refractivity (Wildman–Crippen MR) is 163 cm³/mol. The van der Waals surface area contributed by atoms with E-state index in [0.717, 1.165) is 38.9 Å². The van der Waals surface area contributed by atoms with Crippen LogP contribution in [0, 0.1) is 6.92 Å². The lowest BCUT2D eigenvalue weighted by Crippen LogP contribution is -2.44. The molecular formula is C34H27ClN4O3. The van der Waals surface area contributed by atoms with Gasteiger partial charge in [0.1, 0.15) is 12.1 Å². The van der Waals surface area contributed by atoms with Crippen molar-refractivity contribution in [1.82, 2.24) is 15.2 Å². The Kier molecular flexibility index (Phi) is 6.32. The van der Waals surface area contributed by atoms with Gasteiger partial charge in [-0.05, 0) is 53.9 Å². The molecule has 5 aromatic rings. The van der Waals surface area contributed by atoms with Crippen molar-refractivity contribution in [1.29, 1.82) is 0 Å². The average Bonchev–Trinajstić information content (AvgIpc) is 3.50. The first kappa shape index (κ1) is 26.0. The number of nitrogens with one attached hydrogen (secondary N) is 2. The predicted octanol–water partition coefficient (Wildman–Crippen LogP) is 6.54. The van der Waals surface area contributed by atoms with Gasteiger partial charge in [0, 0.05) is 34.6 Å². The lowest BCUT2D eigenvalue weighted by molar-refractivity contribution is -0.120. The van der Waals surface area contributed by atoms with E-state index in [0.29, 0.717) is 11.4 Å². The molecule has 2 aliphatic heterocycles. The molecule has 7 nitrogen and oxygen atoms in total. The summed E-state index contributed by atoms with van der Waals surface area (Å²) >= 11 is 5.99. The quantitative estimate of drug-likeness (QED) is 0.234. The minimum absolute atomic E-state index is 0.254. The van der Waals surface area contributed by atoms with E-state index in [-0.39, 0.29) is 29.6 Å². The number of benzene rings is 4. The summed E-state index contributed by atoms with van der Waals surface area (Å²) in [4.78, 5) is 48.2. The number of H-pyrrole nitrogens is 1. The van der Waals surface area contributed by atoms with Crippen LogP contribution in [0.2, 0.25) is 5.02 Å². The molecule has 0 bridgehead atoms. The van der Waals surface area contributed by atoms with Crippen LogP contribution >= 0.6 is 11.6 Å². The number of aryl methyl sites for hydroxylation is 1. The average molecular weight is 575 g/mol. The summed E-state index contributed by atoms with van der Waals surface area (Å²) in [6.45, 7) is 2.29. The highest BCUT2D eigenvalue weighted by molar-refractivity contribution is 6.30. The Morgan fingerprint density at radius 3 is 2.43 bits per heavy atom. The molecule has 1 saturated heterocycles. The number of hydrogen-bond donors (Lipinski definition) is 2. The molecule has 4 amide bonds. The molecule has 0 saturated carbocycles. The number of carbonyl (C=O) groups excluding carboxylic acids is 3. The number of anilines is 1. The Morgan fingerprint density at radius 2 is 1.64 bits per heavy atom. The van der Waals surface area contributed by atoms with Gasteiger partial charge in [-0.15, -0.1) is 0 Å². The molecular weight excluding hydrogens is 548 g/mol. The minimum Gasteiger partial charge on any atom is -0.356 e. The van der Waals surface area contributed by atoms with E-state index in [1.807, 2.05) is 67.6 Å². The molecule has 2 aliphatic rings. The lowest BCUT2D eigenvalue weighted by atomic mass is 9.88. The first-order valence-electron chi connectivity index (χ1n) is 13.8. The summed E-state index contributed by atoms with van der Waals surface area (Å²) in [6, 6.07) is 28.4. The van der Waals surface area contributed by atoms with Gasteiger partial charge in [-0.1, -0.05) is 83.9 Å². The molecule has 0 aliphatic carbocycles. The Morgan fingerprint density at radius 1 is 0.929 bits per heavy atom. The van der Waals surface area contributed by atoms with Gasteiger partial charge in [-0.25, -0.2) is 9.69 Å². The Bertz CT molecular complexity index is 1860. The van der Waals surface area contributed by atoms with Gasteiger partial charge in [0.25, 0.3) is 11.8 Å². The molecule has 1 unspecified atom stereocenters. The standard InChI is InChI=1S/C34H27ClN4O3/c1-20-10-14-22(15-11-20)31-30-26(24-6-2-4-8-27(24)37-30)18-29-33(41)39(34(42)38(29)31)28-9-5-3-7-25(28)32(40)36-19-21-12-16-23(35)17-13-21/h2-17,29,31,37H,18-19H2,1H3,(H,36,40)/t29-,31?/m0/s1. The van der Waals surface area contributed by atoms with Crippen LogP contribution in [-0.4, -0.2) is 33.8 Å². The van der Waals surface area contributed by atoms with Crippen molar-refractivity contribution in [3.8, 4) is 0 Å². The second-order valence-electron chi connectivity index (χ2n) is 10.8. The SMILES string of the molecule is Cc1ccc(C2c3[nH]c4ccccc4c3C[C@H]3C(=O)N(c4ccccc4C(=O)NCc4ccc(Cl)cc4)C(=O)N23)cc1. The highest BCUT2D eigenvalue weighted by Crippen LogP contribution is 2.45. The van der Waals surface area contributed by atoms with E-state index < -0.39 is 18.1 Å². The topological polar surface area (TPSA) is 85.5 Å². The summed E-state index contributed by atoms with van der Waals surface area (Å²) in [5.41, 5.74) is 6.34. The molecule has 2 N–H and O–H groups in total. The highest BCUT2D eigenvalue weighted by Gasteiger charge is 2.53. The van der Waals surface area contributed by atoms with E-state index in [9.17, 15) is 14.4 Å². The number of aromatic nitrogens is 1. The zero-order valence-electron chi connectivity index (χ0n) is 22.8. The monoisotopic (exact) mass is 574 g/mol. The van der Waals surface area contributed by atoms with Gasteiger partial charge >= 0.3 is 6.03 Å². The fraction of sp³-hybridized carbons (Fsp3) is 0.147. The molecule has 0 spiro atoms. The second-order valence-corrected chi connectivity index (χ2v) is 11.2. The maximum atomic E-state index is 14.3. The summed E-state index contributed by atoms with van der Waals surface area (Å²) < 4.78 is 0. The zero-order valence-corrected chi connectivity index (χ0v) is 23.6. The van der Waals surface area contributed by atoms with Gasteiger partial charge in [0.05, 0.1) is 11.3 Å². The fourth-order valence-corrected chi connectivity index (χ4v) is 6.26.